The Morgan fingerprint density at radius 3 is 2.58 bits per heavy atom. The third-order valence-corrected chi connectivity index (χ3v) is 4.87. The van der Waals surface area contributed by atoms with Gasteiger partial charge in [0, 0.05) is 0 Å². The topological polar surface area (TPSA) is 85.9 Å². The number of anilines is 1. The number of fused-ring (bicyclic) bond motifs is 1. The van der Waals surface area contributed by atoms with E-state index in [0.29, 0.717) is 11.1 Å². The van der Waals surface area contributed by atoms with Crippen molar-refractivity contribution in [2.24, 2.45) is 0 Å². The molecule has 2 N–H and O–H groups in total. The zero-order valence-corrected chi connectivity index (χ0v) is 19.2. The highest BCUT2D eigenvalue weighted by atomic mass is 19.1. The fourth-order valence-corrected chi connectivity index (χ4v) is 3.35. The summed E-state index contributed by atoms with van der Waals surface area (Å²) in [5.41, 5.74) is 1.40. The van der Waals surface area contributed by atoms with Crippen LogP contribution in [0.5, 0.6) is 5.75 Å². The zero-order valence-electron chi connectivity index (χ0n) is 19.2. The molecule has 8 heteroatoms. The van der Waals surface area contributed by atoms with E-state index >= 15 is 4.39 Å². The summed E-state index contributed by atoms with van der Waals surface area (Å²) in [4.78, 5) is 23.8. The van der Waals surface area contributed by atoms with Crippen molar-refractivity contribution >= 4 is 23.8 Å². The van der Waals surface area contributed by atoms with Crippen molar-refractivity contribution < 1.29 is 28.2 Å². The molecule has 0 saturated heterocycles. The number of amides is 1. The van der Waals surface area contributed by atoms with Gasteiger partial charge in [-0.2, -0.15) is 0 Å². The largest absolute Gasteiger partial charge is 0.487 e. The molecule has 0 aliphatic heterocycles. The van der Waals surface area contributed by atoms with Crippen LogP contribution in [0.2, 0.25) is 0 Å². The van der Waals surface area contributed by atoms with Crippen molar-refractivity contribution in [2.75, 3.05) is 19.0 Å². The Kier molecular flexibility index (Phi) is 7.58. The van der Waals surface area contributed by atoms with E-state index in [0.717, 1.165) is 5.56 Å². The summed E-state index contributed by atoms with van der Waals surface area (Å²) in [7, 11) is 1.26. The molecule has 176 valence electrons. The van der Waals surface area contributed by atoms with Crippen molar-refractivity contribution in [1.29, 1.82) is 0 Å². The molecule has 1 atom stereocenters. The first-order chi connectivity index (χ1) is 15.7. The molecule has 7 nitrogen and oxygen atoms in total. The second kappa shape index (κ2) is 10.4. The summed E-state index contributed by atoms with van der Waals surface area (Å²) >= 11 is 0. The maximum Gasteiger partial charge on any atom is 0.408 e. The molecular formula is C25H29FN2O5. The predicted octanol–water partition coefficient (Wildman–Crippen LogP) is 4.45. The molecule has 0 spiro atoms. The van der Waals surface area contributed by atoms with Crippen molar-refractivity contribution in [1.82, 2.24) is 5.32 Å². The zero-order chi connectivity index (χ0) is 24.0. The van der Waals surface area contributed by atoms with Crippen LogP contribution >= 0.6 is 0 Å². The van der Waals surface area contributed by atoms with E-state index in [2.05, 4.69) is 15.4 Å². The van der Waals surface area contributed by atoms with Gasteiger partial charge in [0.05, 0.1) is 13.2 Å². The summed E-state index contributed by atoms with van der Waals surface area (Å²) < 4.78 is 31.5. The average Bonchev–Trinajstić information content (AvgIpc) is 2.76. The van der Waals surface area contributed by atoms with Gasteiger partial charge in [0.25, 0.3) is 0 Å². The molecule has 33 heavy (non-hydrogen) atoms. The first-order valence-corrected chi connectivity index (χ1v) is 10.7. The lowest BCUT2D eigenvalue weighted by atomic mass is 9.92. The number of carbonyl (C=O) groups excluding carboxylic acids is 2. The van der Waals surface area contributed by atoms with Crippen LogP contribution < -0.4 is 15.4 Å². The second-order valence-electron chi connectivity index (χ2n) is 8.65. The molecule has 1 amide bonds. The molecule has 0 heterocycles. The molecule has 0 saturated carbocycles. The van der Waals surface area contributed by atoms with Crippen LogP contribution in [0.25, 0.3) is 6.08 Å². The first-order valence-electron chi connectivity index (χ1n) is 10.7. The fourth-order valence-electron chi connectivity index (χ4n) is 3.35. The van der Waals surface area contributed by atoms with Gasteiger partial charge in [0.2, 0.25) is 0 Å². The number of alkyl carbamates (subject to hydrolysis) is 1. The Labute approximate surface area is 192 Å². The normalized spacial score (nSPS) is 14.8. The van der Waals surface area contributed by atoms with Crippen LogP contribution in [0.1, 0.15) is 37.5 Å². The minimum Gasteiger partial charge on any atom is -0.487 e. The third-order valence-electron chi connectivity index (χ3n) is 4.87. The van der Waals surface area contributed by atoms with Crippen LogP contribution in [0.3, 0.4) is 0 Å². The van der Waals surface area contributed by atoms with Crippen molar-refractivity contribution in [3.8, 4) is 5.75 Å². The van der Waals surface area contributed by atoms with Gasteiger partial charge in [-0.05, 0) is 49.9 Å². The Morgan fingerprint density at radius 1 is 1.18 bits per heavy atom. The standard InChI is InChI=1S/C25H29FN2O5/c1-25(2,3)33-24(30)28-18-11-10-17-12-20(32-15-16-8-6-5-7-9-16)23(22(26)19(17)13-18)27-14-21(29)31-4/h5-12,18,27H,13-15H2,1-4H3,(H,28,30)/t18-/m1/s1. The van der Waals surface area contributed by atoms with Gasteiger partial charge in [0.15, 0.2) is 5.82 Å². The highest BCUT2D eigenvalue weighted by Crippen LogP contribution is 2.36. The molecule has 0 radical (unpaired) electrons. The molecule has 0 unspecified atom stereocenters. The Balaban J connectivity index is 1.84. The number of esters is 1. The SMILES string of the molecule is COC(=O)CNc1c(OCc2ccccc2)cc2c(c1F)C[C@H](NC(=O)OC(C)(C)C)C=C2. The average molecular weight is 457 g/mol. The van der Waals surface area contributed by atoms with E-state index in [1.165, 1.54) is 7.11 Å². The van der Waals surface area contributed by atoms with Crippen LogP contribution in [0.4, 0.5) is 14.9 Å². The molecule has 0 aromatic heterocycles. The molecule has 1 aliphatic rings. The summed E-state index contributed by atoms with van der Waals surface area (Å²) in [5.74, 6) is -0.799. The number of nitrogens with one attached hydrogen (secondary N) is 2. The number of hydrogen-bond donors (Lipinski definition) is 2. The van der Waals surface area contributed by atoms with E-state index in [1.807, 2.05) is 30.3 Å². The van der Waals surface area contributed by atoms with Gasteiger partial charge in [-0.3, -0.25) is 4.79 Å². The van der Waals surface area contributed by atoms with Gasteiger partial charge >= 0.3 is 12.1 Å². The van der Waals surface area contributed by atoms with E-state index < -0.39 is 29.5 Å². The first kappa shape index (κ1) is 24.1. The maximum atomic E-state index is 15.6. The number of ether oxygens (including phenoxy) is 3. The Bertz CT molecular complexity index is 1030. The molecule has 0 bridgehead atoms. The fraction of sp³-hybridized carbons (Fsp3) is 0.360. The highest BCUT2D eigenvalue weighted by Gasteiger charge is 2.26. The van der Waals surface area contributed by atoms with E-state index in [4.69, 9.17) is 9.47 Å². The predicted molar refractivity (Wildman–Crippen MR) is 124 cm³/mol. The van der Waals surface area contributed by atoms with Gasteiger partial charge in [0.1, 0.15) is 30.2 Å². The summed E-state index contributed by atoms with van der Waals surface area (Å²) in [6, 6.07) is 10.8. The monoisotopic (exact) mass is 456 g/mol. The van der Waals surface area contributed by atoms with Gasteiger partial charge in [-0.15, -0.1) is 0 Å². The number of halogens is 1. The minimum absolute atomic E-state index is 0.0707. The Hall–Kier alpha value is -3.55. The lowest BCUT2D eigenvalue weighted by Gasteiger charge is -2.26. The van der Waals surface area contributed by atoms with Crippen LogP contribution in [0.15, 0.2) is 42.5 Å². The number of methoxy groups -OCH3 is 1. The van der Waals surface area contributed by atoms with Crippen molar-refractivity contribution in [2.45, 2.75) is 45.4 Å². The number of carbonyl (C=O) groups is 2. The summed E-state index contributed by atoms with van der Waals surface area (Å²) in [6.45, 7) is 5.33. The van der Waals surface area contributed by atoms with Crippen molar-refractivity contribution in [3.63, 3.8) is 0 Å². The van der Waals surface area contributed by atoms with Crippen LogP contribution in [-0.2, 0) is 27.3 Å². The molecule has 2 aromatic carbocycles. The maximum absolute atomic E-state index is 15.6. The minimum atomic E-state index is -0.637. The van der Waals surface area contributed by atoms with Gasteiger partial charge in [-0.1, -0.05) is 42.5 Å². The van der Waals surface area contributed by atoms with E-state index in [1.54, 1.807) is 39.0 Å². The smallest absolute Gasteiger partial charge is 0.408 e. The quantitative estimate of drug-likeness (QED) is 0.599. The molecule has 1 aliphatic carbocycles. The molecule has 0 fully saturated rings. The lowest BCUT2D eigenvalue weighted by molar-refractivity contribution is -0.138. The van der Waals surface area contributed by atoms with Gasteiger partial charge < -0.3 is 24.8 Å². The van der Waals surface area contributed by atoms with Gasteiger partial charge in [-0.25, -0.2) is 9.18 Å². The highest BCUT2D eigenvalue weighted by molar-refractivity contribution is 5.77. The summed E-state index contributed by atoms with van der Waals surface area (Å²) in [6.07, 6.45) is 3.17. The lowest BCUT2D eigenvalue weighted by Crippen LogP contribution is -2.40. The number of hydrogen-bond acceptors (Lipinski definition) is 6. The number of rotatable bonds is 7. The summed E-state index contributed by atoms with van der Waals surface area (Å²) in [5, 5.41) is 5.54. The molecular weight excluding hydrogens is 427 g/mol. The van der Waals surface area contributed by atoms with Crippen LogP contribution in [0, 0.1) is 5.82 Å². The van der Waals surface area contributed by atoms with Crippen molar-refractivity contribution in [3.05, 3.63) is 65.0 Å². The van der Waals surface area contributed by atoms with E-state index in [9.17, 15) is 9.59 Å². The third kappa shape index (κ3) is 6.71. The Morgan fingerprint density at radius 2 is 1.91 bits per heavy atom. The van der Waals surface area contributed by atoms with Crippen LogP contribution in [-0.4, -0.2) is 37.4 Å². The second-order valence-corrected chi connectivity index (χ2v) is 8.65. The molecule has 3 rings (SSSR count). The molecule has 2 aromatic rings. The number of benzene rings is 2. The van der Waals surface area contributed by atoms with E-state index in [-0.39, 0.29) is 31.0 Å².